The zero-order valence-electron chi connectivity index (χ0n) is 9.47. The maximum Gasteiger partial charge on any atom is 0.126 e. The Morgan fingerprint density at radius 2 is 1.88 bits per heavy atom. The summed E-state index contributed by atoms with van der Waals surface area (Å²) >= 11 is 0. The number of hydrogen-bond acceptors (Lipinski definition) is 1. The molecular weight excluding hydrogens is 208 g/mol. The number of rotatable bonds is 5. The van der Waals surface area contributed by atoms with Crippen LogP contribution in [0, 0.1) is 17.6 Å². The van der Waals surface area contributed by atoms with Crippen molar-refractivity contribution in [2.45, 2.75) is 32.2 Å². The molecule has 0 heterocycles. The molecule has 16 heavy (non-hydrogen) atoms. The molecular formula is C13H17F2N. The van der Waals surface area contributed by atoms with Gasteiger partial charge in [-0.3, -0.25) is 0 Å². The Kier molecular flexibility index (Phi) is 3.54. The van der Waals surface area contributed by atoms with Gasteiger partial charge in [0.15, 0.2) is 0 Å². The van der Waals surface area contributed by atoms with Gasteiger partial charge in [0, 0.05) is 12.1 Å². The summed E-state index contributed by atoms with van der Waals surface area (Å²) in [6, 6.07) is 4.43. The van der Waals surface area contributed by atoms with Gasteiger partial charge in [-0.25, -0.2) is 8.78 Å². The van der Waals surface area contributed by atoms with Crippen LogP contribution in [0.3, 0.4) is 0 Å². The minimum atomic E-state index is -0.489. The van der Waals surface area contributed by atoms with Crippen LogP contribution in [0.15, 0.2) is 18.2 Å². The Bertz CT molecular complexity index is 341. The average Bonchev–Trinajstić information content (AvgIpc) is 2.96. The van der Waals surface area contributed by atoms with Gasteiger partial charge in [0.05, 0.1) is 0 Å². The molecule has 1 saturated carbocycles. The molecule has 0 aromatic heterocycles. The Morgan fingerprint density at radius 1 is 1.25 bits per heavy atom. The van der Waals surface area contributed by atoms with Crippen molar-refractivity contribution in [2.24, 2.45) is 5.92 Å². The summed E-state index contributed by atoms with van der Waals surface area (Å²) in [5.74, 6) is -0.573. The van der Waals surface area contributed by atoms with E-state index < -0.39 is 11.6 Å². The SMILES string of the molecule is CC(CNC1CC1)Cc1cc(F)cc(F)c1. The summed E-state index contributed by atoms with van der Waals surface area (Å²) in [7, 11) is 0. The monoisotopic (exact) mass is 225 g/mol. The van der Waals surface area contributed by atoms with Gasteiger partial charge in [0.25, 0.3) is 0 Å². The minimum Gasteiger partial charge on any atom is -0.314 e. The highest BCUT2D eigenvalue weighted by Crippen LogP contribution is 2.19. The third-order valence-electron chi connectivity index (χ3n) is 2.84. The molecule has 0 saturated heterocycles. The molecule has 0 bridgehead atoms. The van der Waals surface area contributed by atoms with E-state index in [4.69, 9.17) is 0 Å². The Morgan fingerprint density at radius 3 is 2.44 bits per heavy atom. The van der Waals surface area contributed by atoms with Crippen LogP contribution in [0.25, 0.3) is 0 Å². The molecule has 1 aromatic carbocycles. The van der Waals surface area contributed by atoms with Gasteiger partial charge in [0.2, 0.25) is 0 Å². The van der Waals surface area contributed by atoms with E-state index in [2.05, 4.69) is 12.2 Å². The van der Waals surface area contributed by atoms with Gasteiger partial charge >= 0.3 is 0 Å². The first-order chi connectivity index (χ1) is 7.63. The topological polar surface area (TPSA) is 12.0 Å². The van der Waals surface area contributed by atoms with Crippen molar-refractivity contribution in [1.82, 2.24) is 5.32 Å². The van der Waals surface area contributed by atoms with E-state index in [-0.39, 0.29) is 0 Å². The normalized spacial score (nSPS) is 17.4. The molecule has 0 radical (unpaired) electrons. The number of nitrogens with one attached hydrogen (secondary N) is 1. The molecule has 1 N–H and O–H groups in total. The molecule has 1 aliphatic rings. The average molecular weight is 225 g/mol. The largest absolute Gasteiger partial charge is 0.314 e. The van der Waals surface area contributed by atoms with Crippen molar-refractivity contribution in [1.29, 1.82) is 0 Å². The zero-order chi connectivity index (χ0) is 11.5. The van der Waals surface area contributed by atoms with Crippen LogP contribution in [-0.2, 0) is 6.42 Å². The van der Waals surface area contributed by atoms with Crippen molar-refractivity contribution in [3.05, 3.63) is 35.4 Å². The molecule has 2 rings (SSSR count). The van der Waals surface area contributed by atoms with Crippen LogP contribution < -0.4 is 5.32 Å². The van der Waals surface area contributed by atoms with Crippen LogP contribution in [0.4, 0.5) is 8.78 Å². The van der Waals surface area contributed by atoms with E-state index in [9.17, 15) is 8.78 Å². The van der Waals surface area contributed by atoms with E-state index in [1.165, 1.54) is 25.0 Å². The van der Waals surface area contributed by atoms with E-state index in [0.29, 0.717) is 18.4 Å². The standard InChI is InChI=1S/C13H17F2N/c1-9(8-16-13-2-3-13)4-10-5-11(14)7-12(15)6-10/h5-7,9,13,16H,2-4,8H2,1H3. The Labute approximate surface area is 94.9 Å². The molecule has 0 amide bonds. The van der Waals surface area contributed by atoms with Crippen molar-refractivity contribution in [3.8, 4) is 0 Å². The molecule has 1 unspecified atom stereocenters. The number of hydrogen-bond donors (Lipinski definition) is 1. The Balaban J connectivity index is 1.86. The highest BCUT2D eigenvalue weighted by molar-refractivity contribution is 5.18. The molecule has 0 aliphatic heterocycles. The van der Waals surface area contributed by atoms with Gasteiger partial charge in [0.1, 0.15) is 11.6 Å². The van der Waals surface area contributed by atoms with Crippen LogP contribution in [0.1, 0.15) is 25.3 Å². The fourth-order valence-corrected chi connectivity index (χ4v) is 1.86. The molecule has 1 atom stereocenters. The molecule has 0 spiro atoms. The fourth-order valence-electron chi connectivity index (χ4n) is 1.86. The first-order valence-corrected chi connectivity index (χ1v) is 5.82. The van der Waals surface area contributed by atoms with Gasteiger partial charge in [-0.15, -0.1) is 0 Å². The van der Waals surface area contributed by atoms with Crippen LogP contribution in [-0.4, -0.2) is 12.6 Å². The predicted octanol–water partition coefficient (Wildman–Crippen LogP) is 2.90. The van der Waals surface area contributed by atoms with Crippen LogP contribution >= 0.6 is 0 Å². The summed E-state index contributed by atoms with van der Waals surface area (Å²) in [4.78, 5) is 0. The van der Waals surface area contributed by atoms with Gasteiger partial charge < -0.3 is 5.32 Å². The van der Waals surface area contributed by atoms with E-state index in [1.54, 1.807) is 0 Å². The van der Waals surface area contributed by atoms with Crippen molar-refractivity contribution in [3.63, 3.8) is 0 Å². The first-order valence-electron chi connectivity index (χ1n) is 5.82. The zero-order valence-corrected chi connectivity index (χ0v) is 9.47. The summed E-state index contributed by atoms with van der Waals surface area (Å²) in [6.07, 6.45) is 3.25. The van der Waals surface area contributed by atoms with E-state index in [1.807, 2.05) is 0 Å². The van der Waals surface area contributed by atoms with E-state index >= 15 is 0 Å². The second-order valence-electron chi connectivity index (χ2n) is 4.77. The van der Waals surface area contributed by atoms with E-state index in [0.717, 1.165) is 18.2 Å². The summed E-state index contributed by atoms with van der Waals surface area (Å²) in [5, 5.41) is 3.42. The summed E-state index contributed by atoms with van der Waals surface area (Å²) in [6.45, 7) is 3.01. The van der Waals surface area contributed by atoms with Crippen LogP contribution in [0.5, 0.6) is 0 Å². The predicted molar refractivity (Wildman–Crippen MR) is 60.3 cm³/mol. The quantitative estimate of drug-likeness (QED) is 0.812. The summed E-state index contributed by atoms with van der Waals surface area (Å²) < 4.78 is 25.9. The van der Waals surface area contributed by atoms with Crippen molar-refractivity contribution >= 4 is 0 Å². The minimum absolute atomic E-state index is 0.404. The third-order valence-corrected chi connectivity index (χ3v) is 2.84. The maximum atomic E-state index is 12.9. The molecule has 1 nitrogen and oxygen atoms in total. The second kappa shape index (κ2) is 4.91. The lowest BCUT2D eigenvalue weighted by Gasteiger charge is -2.12. The van der Waals surface area contributed by atoms with Gasteiger partial charge in [-0.2, -0.15) is 0 Å². The third kappa shape index (κ3) is 3.56. The Hall–Kier alpha value is -0.960. The van der Waals surface area contributed by atoms with Crippen molar-refractivity contribution in [2.75, 3.05) is 6.54 Å². The fraction of sp³-hybridized carbons (Fsp3) is 0.538. The smallest absolute Gasteiger partial charge is 0.126 e. The molecule has 1 fully saturated rings. The molecule has 1 aliphatic carbocycles. The molecule has 1 aromatic rings. The number of halogens is 2. The van der Waals surface area contributed by atoms with Crippen LogP contribution in [0.2, 0.25) is 0 Å². The second-order valence-corrected chi connectivity index (χ2v) is 4.77. The lowest BCUT2D eigenvalue weighted by Crippen LogP contribution is -2.24. The maximum absolute atomic E-state index is 12.9. The molecule has 3 heteroatoms. The lowest BCUT2D eigenvalue weighted by atomic mass is 10.0. The highest BCUT2D eigenvalue weighted by atomic mass is 19.1. The first kappa shape index (κ1) is 11.5. The lowest BCUT2D eigenvalue weighted by molar-refractivity contribution is 0.504. The van der Waals surface area contributed by atoms with Gasteiger partial charge in [-0.1, -0.05) is 6.92 Å². The highest BCUT2D eigenvalue weighted by Gasteiger charge is 2.20. The molecule has 88 valence electrons. The summed E-state index contributed by atoms with van der Waals surface area (Å²) in [5.41, 5.74) is 0.739. The number of benzene rings is 1. The van der Waals surface area contributed by atoms with Gasteiger partial charge in [-0.05, 0) is 49.4 Å². The van der Waals surface area contributed by atoms with Crippen molar-refractivity contribution < 1.29 is 8.78 Å².